The number of carbonyl (C=O) groups excluding carboxylic acids is 1. The summed E-state index contributed by atoms with van der Waals surface area (Å²) >= 11 is 0. The van der Waals surface area contributed by atoms with Crippen LogP contribution >= 0.6 is 0 Å². The Labute approximate surface area is 143 Å². The van der Waals surface area contributed by atoms with Gasteiger partial charge in [0.25, 0.3) is 0 Å². The largest absolute Gasteiger partial charge is 0.471 e. The molecule has 2 aromatic rings. The number of hydrogen-bond acceptors (Lipinski definition) is 2. The van der Waals surface area contributed by atoms with E-state index in [2.05, 4.69) is 23.0 Å². The number of likely N-dealkylation sites (tertiary alicyclic amines) is 1. The molecule has 0 radical (unpaired) electrons. The molecule has 2 atom stereocenters. The minimum absolute atomic E-state index is 0.126. The molecule has 134 valence electrons. The van der Waals surface area contributed by atoms with Crippen LogP contribution in [0.5, 0.6) is 0 Å². The number of H-pyrrole nitrogens is 1. The summed E-state index contributed by atoms with van der Waals surface area (Å²) in [4.78, 5) is 20.4. The number of amides is 1. The van der Waals surface area contributed by atoms with Crippen LogP contribution in [0.2, 0.25) is 0 Å². The van der Waals surface area contributed by atoms with E-state index in [1.807, 2.05) is 19.9 Å². The third kappa shape index (κ3) is 2.07. The van der Waals surface area contributed by atoms with Gasteiger partial charge < -0.3 is 9.88 Å². The average molecular weight is 351 g/mol. The summed E-state index contributed by atoms with van der Waals surface area (Å²) < 4.78 is 39.2. The van der Waals surface area contributed by atoms with Crippen molar-refractivity contribution >= 4 is 16.9 Å². The molecule has 2 heterocycles. The number of fused-ring (bicyclic) bond motifs is 5. The molecule has 4 rings (SSSR count). The zero-order valence-electron chi connectivity index (χ0n) is 14.4. The lowest BCUT2D eigenvalue weighted by molar-refractivity contribution is -0.195. The average Bonchev–Trinajstić information content (AvgIpc) is 2.95. The van der Waals surface area contributed by atoms with Gasteiger partial charge in [-0.25, -0.2) is 4.98 Å². The fourth-order valence-corrected chi connectivity index (χ4v) is 4.75. The molecule has 1 amide bonds. The first-order valence-corrected chi connectivity index (χ1v) is 8.40. The lowest BCUT2D eigenvalue weighted by atomic mass is 9.51. The molecule has 2 bridgehead atoms. The zero-order valence-corrected chi connectivity index (χ0v) is 14.4. The van der Waals surface area contributed by atoms with Crippen LogP contribution in [0.25, 0.3) is 11.0 Å². The lowest BCUT2D eigenvalue weighted by Crippen LogP contribution is -2.66. The molecular formula is C18H20F3N3O. The minimum atomic E-state index is -4.84. The number of aromatic amines is 1. The van der Waals surface area contributed by atoms with E-state index in [9.17, 15) is 18.0 Å². The van der Waals surface area contributed by atoms with Crippen LogP contribution in [0.3, 0.4) is 0 Å². The monoisotopic (exact) mass is 351 g/mol. The predicted molar refractivity (Wildman–Crippen MR) is 87.1 cm³/mol. The van der Waals surface area contributed by atoms with Crippen LogP contribution in [-0.2, 0) is 16.6 Å². The number of aromatic nitrogens is 2. The molecule has 1 fully saturated rings. The van der Waals surface area contributed by atoms with Gasteiger partial charge in [0.2, 0.25) is 0 Å². The molecule has 0 saturated carbocycles. The Kier molecular flexibility index (Phi) is 3.13. The van der Waals surface area contributed by atoms with Crippen molar-refractivity contribution < 1.29 is 18.0 Å². The summed E-state index contributed by atoms with van der Waals surface area (Å²) in [5.41, 5.74) is 3.11. The molecule has 1 aromatic heterocycles. The highest BCUT2D eigenvalue weighted by Crippen LogP contribution is 2.56. The number of imidazole rings is 1. The predicted octanol–water partition coefficient (Wildman–Crippen LogP) is 3.57. The highest BCUT2D eigenvalue weighted by atomic mass is 19.4. The number of nitrogens with zero attached hydrogens (tertiary/aromatic N) is 2. The Hall–Kier alpha value is -2.05. The Balaban J connectivity index is 1.87. The number of rotatable bonds is 0. The maximum absolute atomic E-state index is 13.1. The van der Waals surface area contributed by atoms with E-state index in [1.54, 1.807) is 6.33 Å². The maximum Gasteiger partial charge on any atom is 0.471 e. The van der Waals surface area contributed by atoms with Gasteiger partial charge in [0.05, 0.1) is 17.4 Å². The van der Waals surface area contributed by atoms with E-state index < -0.39 is 23.5 Å². The Morgan fingerprint density at radius 2 is 2.04 bits per heavy atom. The minimum Gasteiger partial charge on any atom is -0.345 e. The van der Waals surface area contributed by atoms with E-state index in [0.29, 0.717) is 12.8 Å². The van der Waals surface area contributed by atoms with Gasteiger partial charge >= 0.3 is 12.1 Å². The van der Waals surface area contributed by atoms with Crippen LogP contribution in [0.4, 0.5) is 13.2 Å². The first-order valence-electron chi connectivity index (χ1n) is 8.40. The molecule has 0 spiro atoms. The fourth-order valence-electron chi connectivity index (χ4n) is 4.75. The number of carbonyl (C=O) groups is 1. The first kappa shape index (κ1) is 16.4. The number of halogens is 3. The Bertz CT molecular complexity index is 870. The SMILES string of the molecule is CC1(C)[C@H]2Cc3cc4[nH]cnc4cc3[C@]1(C)CCN2C(=O)C(F)(F)F. The summed E-state index contributed by atoms with van der Waals surface area (Å²) in [5, 5.41) is 0. The third-order valence-electron chi connectivity index (χ3n) is 6.64. The second-order valence-electron chi connectivity index (χ2n) is 7.95. The molecule has 2 aliphatic rings. The number of benzene rings is 1. The topological polar surface area (TPSA) is 49.0 Å². The lowest BCUT2D eigenvalue weighted by Gasteiger charge is -2.60. The summed E-state index contributed by atoms with van der Waals surface area (Å²) in [7, 11) is 0. The second kappa shape index (κ2) is 4.77. The van der Waals surface area contributed by atoms with Crippen molar-refractivity contribution in [2.45, 2.75) is 51.2 Å². The van der Waals surface area contributed by atoms with Crippen molar-refractivity contribution in [2.75, 3.05) is 6.54 Å². The zero-order chi connectivity index (χ0) is 18.2. The fraction of sp³-hybridized carbons (Fsp3) is 0.556. The molecule has 25 heavy (non-hydrogen) atoms. The van der Waals surface area contributed by atoms with Crippen LogP contribution in [0.15, 0.2) is 18.5 Å². The van der Waals surface area contributed by atoms with Crippen molar-refractivity contribution in [1.82, 2.24) is 14.9 Å². The standard InChI is InChI=1S/C18H20F3N3O/c1-16(2)14-7-10-6-12-13(23-9-22-12)8-11(10)17(16,3)4-5-24(14)15(25)18(19,20)21/h6,8-9,14H,4-5,7H2,1-3H3,(H,22,23)/t14-,17+/m1/s1. The van der Waals surface area contributed by atoms with Crippen molar-refractivity contribution in [3.8, 4) is 0 Å². The quantitative estimate of drug-likeness (QED) is 0.789. The highest BCUT2D eigenvalue weighted by Gasteiger charge is 2.59. The van der Waals surface area contributed by atoms with E-state index in [0.717, 1.165) is 27.1 Å². The number of hydrogen-bond donors (Lipinski definition) is 1. The second-order valence-corrected chi connectivity index (χ2v) is 7.95. The van der Waals surface area contributed by atoms with Gasteiger partial charge in [0, 0.05) is 18.0 Å². The molecule has 1 aliphatic carbocycles. The molecule has 1 aromatic carbocycles. The van der Waals surface area contributed by atoms with Gasteiger partial charge in [0.1, 0.15) is 0 Å². The third-order valence-corrected chi connectivity index (χ3v) is 6.64. The number of alkyl halides is 3. The Morgan fingerprint density at radius 3 is 2.72 bits per heavy atom. The smallest absolute Gasteiger partial charge is 0.345 e. The summed E-state index contributed by atoms with van der Waals surface area (Å²) in [5.74, 6) is -1.72. The van der Waals surface area contributed by atoms with Gasteiger partial charge in [-0.15, -0.1) is 0 Å². The van der Waals surface area contributed by atoms with Crippen molar-refractivity contribution in [1.29, 1.82) is 0 Å². The molecule has 1 aliphatic heterocycles. The van der Waals surface area contributed by atoms with Crippen LogP contribution in [0.1, 0.15) is 38.3 Å². The van der Waals surface area contributed by atoms with Crippen LogP contribution in [-0.4, -0.2) is 39.5 Å². The Morgan fingerprint density at radius 1 is 1.32 bits per heavy atom. The van der Waals surface area contributed by atoms with Crippen LogP contribution in [0, 0.1) is 5.41 Å². The molecular weight excluding hydrogens is 331 g/mol. The molecule has 4 nitrogen and oxygen atoms in total. The van der Waals surface area contributed by atoms with E-state index in [4.69, 9.17) is 0 Å². The van der Waals surface area contributed by atoms with E-state index in [-0.39, 0.29) is 12.0 Å². The summed E-state index contributed by atoms with van der Waals surface area (Å²) in [6.07, 6.45) is -2.29. The molecule has 7 heteroatoms. The van der Waals surface area contributed by atoms with Crippen molar-refractivity contribution in [2.24, 2.45) is 5.41 Å². The van der Waals surface area contributed by atoms with Gasteiger partial charge in [-0.1, -0.05) is 20.8 Å². The number of piperidine rings is 1. The van der Waals surface area contributed by atoms with E-state index in [1.165, 1.54) is 0 Å². The normalized spacial score (nSPS) is 28.1. The van der Waals surface area contributed by atoms with Gasteiger partial charge in [-0.05, 0) is 41.5 Å². The first-order chi connectivity index (χ1) is 11.6. The van der Waals surface area contributed by atoms with Gasteiger partial charge in [-0.2, -0.15) is 13.2 Å². The molecule has 0 unspecified atom stereocenters. The summed E-state index contributed by atoms with van der Waals surface area (Å²) in [6, 6.07) is 3.55. The van der Waals surface area contributed by atoms with Gasteiger partial charge in [-0.3, -0.25) is 4.79 Å². The maximum atomic E-state index is 13.1. The molecule has 1 saturated heterocycles. The highest BCUT2D eigenvalue weighted by molar-refractivity contribution is 5.83. The van der Waals surface area contributed by atoms with Crippen molar-refractivity contribution in [3.05, 3.63) is 29.6 Å². The van der Waals surface area contributed by atoms with Gasteiger partial charge in [0.15, 0.2) is 0 Å². The number of nitrogens with one attached hydrogen (secondary N) is 1. The summed E-state index contributed by atoms with van der Waals surface area (Å²) in [6.45, 7) is 6.18. The molecule has 1 N–H and O–H groups in total. The van der Waals surface area contributed by atoms with E-state index >= 15 is 0 Å². The van der Waals surface area contributed by atoms with Crippen LogP contribution < -0.4 is 0 Å². The van der Waals surface area contributed by atoms with Crippen molar-refractivity contribution in [3.63, 3.8) is 0 Å².